The zero-order valence-electron chi connectivity index (χ0n) is 81.3. The topological polar surface area (TPSA) is 353 Å². The smallest absolute Gasteiger partial charge is 0.347 e. The van der Waals surface area contributed by atoms with Crippen LogP contribution in [0.25, 0.3) is 0 Å². The first-order chi connectivity index (χ1) is 58.1. The molecule has 18 bridgehead atoms. The number of esters is 10. The number of carbonyl (C=O) groups is 10. The number of hydrogen-bond acceptors (Lipinski definition) is 25. The van der Waals surface area contributed by atoms with Crippen LogP contribution in [0.15, 0.2) is 0 Å². The van der Waals surface area contributed by atoms with Gasteiger partial charge in [-0.1, -0.05) is 48.5 Å². The lowest BCUT2D eigenvalue weighted by Crippen LogP contribution is -2.67. The van der Waals surface area contributed by atoms with Crippen LogP contribution in [0.3, 0.4) is 0 Å². The van der Waals surface area contributed by atoms with Crippen LogP contribution in [0.5, 0.6) is 0 Å². The van der Waals surface area contributed by atoms with Crippen LogP contribution in [0.4, 0.5) is 0 Å². The molecule has 21 rings (SSSR count). The van der Waals surface area contributed by atoms with Crippen molar-refractivity contribution in [1.29, 1.82) is 0 Å². The Balaban J connectivity index is 0.000000143. The summed E-state index contributed by atoms with van der Waals surface area (Å²) < 4.78 is 60.0. The zero-order chi connectivity index (χ0) is 93.5. The Kier molecular flexibility index (Phi) is 29.2. The van der Waals surface area contributed by atoms with E-state index >= 15 is 0 Å². The van der Waals surface area contributed by atoms with Crippen molar-refractivity contribution in [3.63, 3.8) is 0 Å². The summed E-state index contributed by atoms with van der Waals surface area (Å²) >= 11 is 0. The maximum atomic E-state index is 12.6. The number of hydrogen-bond donors (Lipinski definition) is 4. The fraction of sp³-hybridized carbons (Fsp3) is 0.901. The van der Waals surface area contributed by atoms with Crippen molar-refractivity contribution in [1.82, 2.24) is 0 Å². The summed E-state index contributed by atoms with van der Waals surface area (Å²) in [6, 6.07) is 0. The predicted octanol–water partition coefficient (Wildman–Crippen LogP) is 17.1. The van der Waals surface area contributed by atoms with Gasteiger partial charge in [0.05, 0.1) is 85.5 Å². The number of fused-ring (bicyclic) bond motifs is 1. The molecule has 5 heterocycles. The minimum atomic E-state index is -0.842. The van der Waals surface area contributed by atoms with E-state index in [-0.39, 0.29) is 105 Å². The molecule has 0 aromatic carbocycles. The molecule has 25 heteroatoms. The predicted molar refractivity (Wildman–Crippen MR) is 468 cm³/mol. The van der Waals surface area contributed by atoms with E-state index in [2.05, 4.69) is 34.6 Å². The van der Waals surface area contributed by atoms with Gasteiger partial charge < -0.3 is 72.5 Å². The van der Waals surface area contributed by atoms with Crippen molar-refractivity contribution < 1.29 is 120 Å². The first-order valence-corrected chi connectivity index (χ1v) is 48.8. The van der Waals surface area contributed by atoms with E-state index in [9.17, 15) is 68.4 Å². The van der Waals surface area contributed by atoms with Crippen LogP contribution in [0.2, 0.25) is 0 Å². The summed E-state index contributed by atoms with van der Waals surface area (Å²) in [4.78, 5) is 119. The highest BCUT2D eigenvalue weighted by atomic mass is 16.7. The van der Waals surface area contributed by atoms with Crippen LogP contribution in [-0.2, 0) is 100 Å². The minimum absolute atomic E-state index is 0.00857. The third kappa shape index (κ3) is 21.6. The molecule has 21 fully saturated rings. The lowest BCUT2D eigenvalue weighted by molar-refractivity contribution is -0.265. The maximum Gasteiger partial charge on any atom is 0.347 e. The molecule has 11 unspecified atom stereocenters. The third-order valence-corrected chi connectivity index (χ3v) is 34.6. The Bertz CT molecular complexity index is 3750. The summed E-state index contributed by atoms with van der Waals surface area (Å²) in [5.74, 6) is 3.85. The lowest BCUT2D eigenvalue weighted by atomic mass is 9.46. The molecule has 5 saturated heterocycles. The van der Waals surface area contributed by atoms with E-state index in [0.29, 0.717) is 102 Å². The van der Waals surface area contributed by atoms with Crippen LogP contribution in [-0.4, -0.2) is 175 Å². The molecular formula is C101H162O25. The van der Waals surface area contributed by atoms with Gasteiger partial charge in [0.2, 0.25) is 12.2 Å². The highest BCUT2D eigenvalue weighted by Gasteiger charge is 2.69. The largest absolute Gasteiger partial charge is 0.463 e. The van der Waals surface area contributed by atoms with Gasteiger partial charge in [0.15, 0.2) is 12.2 Å². The third-order valence-electron chi connectivity index (χ3n) is 34.6. The van der Waals surface area contributed by atoms with E-state index in [4.69, 9.17) is 52.1 Å². The molecule has 5 aliphatic heterocycles. The fourth-order valence-electron chi connectivity index (χ4n) is 24.8. The molecule has 11 atom stereocenters. The Morgan fingerprint density at radius 1 is 0.357 bits per heavy atom. The average molecular weight is 1780 g/mol. The normalized spacial score (nSPS) is 38.7. The molecule has 0 radical (unpaired) electrons. The molecule has 16 saturated carbocycles. The number of cyclic esters (lactones) is 2. The maximum absolute atomic E-state index is 12.6. The van der Waals surface area contributed by atoms with E-state index < -0.39 is 97.0 Å². The lowest BCUT2D eigenvalue weighted by Gasteiger charge is -2.62. The van der Waals surface area contributed by atoms with Crippen LogP contribution in [0.1, 0.15) is 378 Å². The molecule has 4 N–H and O–H groups in total. The fourth-order valence-corrected chi connectivity index (χ4v) is 24.8. The van der Waals surface area contributed by atoms with Crippen LogP contribution >= 0.6 is 0 Å². The molecule has 0 aromatic rings. The summed E-state index contributed by atoms with van der Waals surface area (Å²) in [6.07, 6.45) is 26.4. The molecule has 0 spiro atoms. The Hall–Kier alpha value is -5.50. The second-order valence-electron chi connectivity index (χ2n) is 48.2. The minimum Gasteiger partial charge on any atom is -0.463 e. The summed E-state index contributed by atoms with van der Waals surface area (Å²) in [6.45, 7) is 47.6. The van der Waals surface area contributed by atoms with Crippen molar-refractivity contribution in [2.75, 3.05) is 13.2 Å². The molecule has 25 nitrogen and oxygen atoms in total. The van der Waals surface area contributed by atoms with Gasteiger partial charge in [-0.25, -0.2) is 9.59 Å². The first-order valence-electron chi connectivity index (χ1n) is 48.8. The van der Waals surface area contributed by atoms with Gasteiger partial charge in [-0.15, -0.1) is 0 Å². The molecule has 21 aliphatic rings. The molecular weight excluding hydrogens is 1610 g/mol. The number of rotatable bonds is 22. The van der Waals surface area contributed by atoms with Gasteiger partial charge >= 0.3 is 59.7 Å². The molecule has 16 aliphatic carbocycles. The number of ether oxygens (including phenoxy) is 11. The standard InChI is InChI=1S/C19H32O2.C17H28O2.2C16H26O4.C13H18O5.2C10H16O4/c1-6-17(2,3)16(20)21-18(4,5)19-10-13-7-14(11-19)9-15(8-13)12-19;1-5-16(2,3)15(18)19-17(4)13-7-11-6-12(9-13)10-14(17)8-11;2*1-4-13(2,3)12(17)20-16-7-11-5-14(18,9-16)8-15(19,6-11)10-16;1-4-13(2,3)12(15)18-9-7-5-6-8(16-7)10(9)17-11(6)14;2*1-4-10(2,3)9(12)14-7-5-6-13-8(7)11/h13-15H,6-12H2,1-5H3;11-14H,5-10H2,1-4H3;2*11,18-19H,4-10H2,1-3H3;6-10H,4-5H2,1-3H3;2*7H,4-6H2,1-3H3. The quantitative estimate of drug-likeness (QED) is 0.0578. The average Bonchev–Trinajstić information content (AvgIpc) is 1.19. The highest BCUT2D eigenvalue weighted by Crippen LogP contribution is 2.67. The van der Waals surface area contributed by atoms with Crippen molar-refractivity contribution >= 4 is 59.7 Å². The van der Waals surface area contributed by atoms with E-state index in [1.54, 1.807) is 27.7 Å². The van der Waals surface area contributed by atoms with Gasteiger partial charge in [0.1, 0.15) is 28.5 Å². The Labute approximate surface area is 751 Å². The number of aliphatic hydroxyl groups is 4. The molecule has 126 heavy (non-hydrogen) atoms. The molecule has 0 amide bonds. The highest BCUT2D eigenvalue weighted by molar-refractivity contribution is 5.84. The van der Waals surface area contributed by atoms with Crippen molar-refractivity contribution in [2.45, 2.75) is 459 Å². The second-order valence-corrected chi connectivity index (χ2v) is 48.2. The SMILES string of the molecule is CCC(C)(C)C(=O)OC(C)(C)C12CC3CC(CC(C3)C1)C2.CCC(C)(C)C(=O)OC1(C)C2CC3CC(C2)CC1C3.CCC(C)(C)C(=O)OC12CC3CC(O)(CC(O)(C3)C1)C2.CCC(C)(C)C(=O)OC12CC3CC(O)(CC(O)(C3)C1)C2.CCC(C)(C)C(=O)OC1C2CC3C(=O)OC1C3O2.CCC(C)(C)C(=O)OC1CCOC1=O.CCC(C)(C)C(=O)OC1CCOC1=O. The Morgan fingerprint density at radius 3 is 1.00 bits per heavy atom. The number of carbonyl (C=O) groups excluding carboxylic acids is 10. The van der Waals surface area contributed by atoms with Crippen molar-refractivity contribution in [3.8, 4) is 0 Å². The van der Waals surface area contributed by atoms with Crippen molar-refractivity contribution in [2.24, 2.45) is 102 Å². The van der Waals surface area contributed by atoms with E-state index in [0.717, 1.165) is 93.8 Å². The van der Waals surface area contributed by atoms with Gasteiger partial charge in [-0.05, 0) is 331 Å². The van der Waals surface area contributed by atoms with Gasteiger partial charge in [-0.3, -0.25) is 38.4 Å². The van der Waals surface area contributed by atoms with Crippen LogP contribution < -0.4 is 0 Å². The summed E-state index contributed by atoms with van der Waals surface area (Å²) in [7, 11) is 0. The van der Waals surface area contributed by atoms with Gasteiger partial charge in [0, 0.05) is 56.8 Å². The first kappa shape index (κ1) is 101. The molecule has 0 aromatic heterocycles. The second kappa shape index (κ2) is 36.5. The molecule has 716 valence electrons. The Morgan fingerprint density at radius 2 is 0.675 bits per heavy atom. The van der Waals surface area contributed by atoms with Crippen LogP contribution in [0, 0.1) is 102 Å². The van der Waals surface area contributed by atoms with Gasteiger partial charge in [0.25, 0.3) is 0 Å². The van der Waals surface area contributed by atoms with E-state index in [1.165, 1.54) is 70.6 Å². The summed E-state index contributed by atoms with van der Waals surface area (Å²) in [5, 5.41) is 42.6. The van der Waals surface area contributed by atoms with Gasteiger partial charge in [-0.2, -0.15) is 0 Å². The van der Waals surface area contributed by atoms with Crippen molar-refractivity contribution in [3.05, 3.63) is 0 Å². The monoisotopic (exact) mass is 1780 g/mol. The van der Waals surface area contributed by atoms with E-state index in [1.807, 2.05) is 104 Å². The summed E-state index contributed by atoms with van der Waals surface area (Å²) in [5.41, 5.74) is -8.16. The zero-order valence-corrected chi connectivity index (χ0v) is 81.3.